The Morgan fingerprint density at radius 3 is 2.30 bits per heavy atom. The maximum Gasteiger partial charge on any atom is 0.342 e. The minimum atomic E-state index is -3.57. The summed E-state index contributed by atoms with van der Waals surface area (Å²) in [6.07, 6.45) is 6.11. The first-order valence-electron chi connectivity index (χ1n) is 17.2. The normalized spacial score (nSPS) is 10.9. The summed E-state index contributed by atoms with van der Waals surface area (Å²) in [6.45, 7) is 6.00. The third-order valence-corrected chi connectivity index (χ3v) is 10.5. The molecule has 4 aromatic carbocycles. The van der Waals surface area contributed by atoms with E-state index >= 15 is 0 Å². The summed E-state index contributed by atoms with van der Waals surface area (Å²) in [5.74, 6) is -0.559. The standard InChI is InChI=1S/C24H20ClN5O3S.C17H17Cl2NO3/c1-15-5-7-18(28-23(31)16-6-8-19(25)22(12-16)34(2,32)33)13-21(15)30-24-27-11-9-20(29-24)17-4-3-10-26-14-17;1-3-22-10-23-17(21)12-6-4-5-7-14(12)20-16-13(18)9-8-11(2)15(16)19/h3-14H,1-2H3,(H,28,31)(H,27,29,30);4-9,20H,3,10H2,1-2H3. The zero-order valence-corrected chi connectivity index (χ0v) is 34.2. The van der Waals surface area contributed by atoms with Crippen LogP contribution in [0.3, 0.4) is 0 Å². The molecule has 57 heavy (non-hydrogen) atoms. The van der Waals surface area contributed by atoms with Gasteiger partial charge in [0.1, 0.15) is 0 Å². The van der Waals surface area contributed by atoms with E-state index in [0.717, 1.165) is 28.6 Å². The highest BCUT2D eigenvalue weighted by atomic mass is 35.5. The molecule has 12 nitrogen and oxygen atoms in total. The quantitative estimate of drug-likeness (QED) is 0.0611. The van der Waals surface area contributed by atoms with E-state index in [0.29, 0.717) is 50.9 Å². The van der Waals surface area contributed by atoms with Crippen LogP contribution in [0, 0.1) is 13.8 Å². The van der Waals surface area contributed by atoms with Gasteiger partial charge in [-0.15, -0.1) is 0 Å². The van der Waals surface area contributed by atoms with E-state index in [1.165, 1.54) is 18.2 Å². The van der Waals surface area contributed by atoms with Crippen LogP contribution in [-0.4, -0.2) is 54.9 Å². The number of para-hydroxylation sites is 1. The average Bonchev–Trinajstić information content (AvgIpc) is 3.20. The van der Waals surface area contributed by atoms with Crippen molar-refractivity contribution in [1.82, 2.24) is 15.0 Å². The van der Waals surface area contributed by atoms with Gasteiger partial charge in [-0.2, -0.15) is 0 Å². The van der Waals surface area contributed by atoms with Crippen LogP contribution in [0.25, 0.3) is 11.3 Å². The van der Waals surface area contributed by atoms with E-state index in [-0.39, 0.29) is 22.3 Å². The Morgan fingerprint density at radius 1 is 0.807 bits per heavy atom. The van der Waals surface area contributed by atoms with Gasteiger partial charge in [0.2, 0.25) is 5.95 Å². The average molecular weight is 848 g/mol. The molecule has 2 heterocycles. The summed E-state index contributed by atoms with van der Waals surface area (Å²) < 4.78 is 33.9. The molecule has 0 aliphatic heterocycles. The molecular formula is C41H37Cl3N6O6S. The summed E-state index contributed by atoms with van der Waals surface area (Å²) in [7, 11) is -3.57. The minimum Gasteiger partial charge on any atom is -0.435 e. The Hall–Kier alpha value is -5.57. The maximum atomic E-state index is 12.8. The first-order valence-corrected chi connectivity index (χ1v) is 20.2. The second-order valence-electron chi connectivity index (χ2n) is 12.3. The van der Waals surface area contributed by atoms with Crippen molar-refractivity contribution in [3.05, 3.63) is 147 Å². The van der Waals surface area contributed by atoms with Gasteiger partial charge < -0.3 is 25.4 Å². The number of pyridine rings is 1. The van der Waals surface area contributed by atoms with Crippen LogP contribution in [0.1, 0.15) is 38.8 Å². The van der Waals surface area contributed by atoms with Gasteiger partial charge in [0, 0.05) is 54.0 Å². The first-order chi connectivity index (χ1) is 27.2. The molecule has 0 fully saturated rings. The predicted molar refractivity (Wildman–Crippen MR) is 225 cm³/mol. The monoisotopic (exact) mass is 846 g/mol. The van der Waals surface area contributed by atoms with Gasteiger partial charge in [-0.05, 0) is 98.6 Å². The number of hydrogen-bond acceptors (Lipinski definition) is 11. The molecule has 3 N–H and O–H groups in total. The van der Waals surface area contributed by atoms with E-state index in [1.54, 1.807) is 67.1 Å². The summed E-state index contributed by atoms with van der Waals surface area (Å²) in [6, 6.07) is 25.6. The van der Waals surface area contributed by atoms with Gasteiger partial charge in [0.05, 0.1) is 42.6 Å². The number of hydrogen-bond donors (Lipinski definition) is 3. The molecule has 16 heteroatoms. The first kappa shape index (κ1) is 42.6. The van der Waals surface area contributed by atoms with E-state index in [1.807, 2.05) is 45.0 Å². The summed E-state index contributed by atoms with van der Waals surface area (Å²) in [4.78, 5) is 37.8. The molecule has 0 aliphatic carbocycles. The smallest absolute Gasteiger partial charge is 0.342 e. The molecule has 0 saturated heterocycles. The van der Waals surface area contributed by atoms with Crippen LogP contribution < -0.4 is 16.0 Å². The molecule has 6 aromatic rings. The summed E-state index contributed by atoms with van der Waals surface area (Å²) in [5.41, 5.74) is 6.26. The third kappa shape index (κ3) is 11.5. The lowest BCUT2D eigenvalue weighted by Crippen LogP contribution is -2.13. The molecule has 6 rings (SSSR count). The van der Waals surface area contributed by atoms with Crippen molar-refractivity contribution < 1.29 is 27.5 Å². The summed E-state index contributed by atoms with van der Waals surface area (Å²) in [5, 5.41) is 10.1. The van der Waals surface area contributed by atoms with Crippen molar-refractivity contribution in [2.75, 3.05) is 35.6 Å². The largest absolute Gasteiger partial charge is 0.435 e. The SMILES string of the molecule is CCOCOC(=O)c1ccccc1Nc1c(Cl)ccc(C)c1Cl.Cc1ccc(NC(=O)c2ccc(Cl)c(S(C)(=O)=O)c2)cc1Nc1nccc(-c2cccnc2)n1. The van der Waals surface area contributed by atoms with E-state index < -0.39 is 21.7 Å². The highest BCUT2D eigenvalue weighted by Gasteiger charge is 2.18. The van der Waals surface area contributed by atoms with Crippen molar-refractivity contribution in [3.8, 4) is 11.3 Å². The van der Waals surface area contributed by atoms with Crippen molar-refractivity contribution in [3.63, 3.8) is 0 Å². The number of ether oxygens (including phenoxy) is 2. The van der Waals surface area contributed by atoms with E-state index in [9.17, 15) is 18.0 Å². The molecule has 0 bridgehead atoms. The van der Waals surface area contributed by atoms with Crippen LogP contribution in [0.5, 0.6) is 0 Å². The van der Waals surface area contributed by atoms with Crippen molar-refractivity contribution in [2.45, 2.75) is 25.7 Å². The zero-order chi connectivity index (χ0) is 41.1. The topological polar surface area (TPSA) is 161 Å². The number of rotatable bonds is 12. The molecule has 294 valence electrons. The number of aromatic nitrogens is 3. The highest BCUT2D eigenvalue weighted by molar-refractivity contribution is 7.90. The Balaban J connectivity index is 0.000000235. The second-order valence-corrected chi connectivity index (χ2v) is 15.5. The molecule has 1 amide bonds. The van der Waals surface area contributed by atoms with Gasteiger partial charge in [-0.3, -0.25) is 9.78 Å². The Morgan fingerprint density at radius 2 is 1.56 bits per heavy atom. The third-order valence-electron chi connectivity index (χ3n) is 8.12. The Bertz CT molecular complexity index is 2510. The number of sulfone groups is 1. The number of halogens is 3. The number of nitrogens with one attached hydrogen (secondary N) is 3. The Labute approximate surface area is 345 Å². The van der Waals surface area contributed by atoms with Crippen LogP contribution in [0.4, 0.5) is 28.7 Å². The molecule has 0 atom stereocenters. The fraction of sp³-hybridized carbons (Fsp3) is 0.146. The van der Waals surface area contributed by atoms with E-state index in [4.69, 9.17) is 44.3 Å². The van der Waals surface area contributed by atoms with Gasteiger partial charge in [0.15, 0.2) is 16.6 Å². The molecule has 0 radical (unpaired) electrons. The molecule has 0 unspecified atom stereocenters. The lowest BCUT2D eigenvalue weighted by molar-refractivity contribution is -0.0273. The predicted octanol–water partition coefficient (Wildman–Crippen LogP) is 10.1. The van der Waals surface area contributed by atoms with Gasteiger partial charge in [0.25, 0.3) is 5.91 Å². The number of esters is 1. The van der Waals surface area contributed by atoms with E-state index in [2.05, 4.69) is 30.9 Å². The maximum absolute atomic E-state index is 12.8. The number of amides is 1. The van der Waals surface area contributed by atoms with Crippen LogP contribution in [0.2, 0.25) is 15.1 Å². The lowest BCUT2D eigenvalue weighted by atomic mass is 10.1. The molecule has 0 spiro atoms. The van der Waals surface area contributed by atoms with Crippen LogP contribution in [-0.2, 0) is 19.3 Å². The van der Waals surface area contributed by atoms with Gasteiger partial charge in [-0.25, -0.2) is 23.2 Å². The molecular weight excluding hydrogens is 811 g/mol. The van der Waals surface area contributed by atoms with Crippen molar-refractivity contribution in [2.24, 2.45) is 0 Å². The molecule has 2 aromatic heterocycles. The lowest BCUT2D eigenvalue weighted by Gasteiger charge is -2.15. The number of nitrogens with zero attached hydrogens (tertiary/aromatic N) is 3. The zero-order valence-electron chi connectivity index (χ0n) is 31.1. The van der Waals surface area contributed by atoms with Gasteiger partial charge in [-0.1, -0.05) is 59.1 Å². The number of carbonyl (C=O) groups excluding carboxylic acids is 2. The second kappa shape index (κ2) is 19.5. The molecule has 0 aliphatic rings. The Kier molecular flexibility index (Phi) is 14.6. The number of benzene rings is 4. The number of carbonyl (C=O) groups is 2. The van der Waals surface area contributed by atoms with Crippen molar-refractivity contribution >= 4 is 85.2 Å². The minimum absolute atomic E-state index is 0.0642. The fourth-order valence-electron chi connectivity index (χ4n) is 5.11. The summed E-state index contributed by atoms with van der Waals surface area (Å²) >= 11 is 18.5. The van der Waals surface area contributed by atoms with Crippen LogP contribution in [0.15, 0.2) is 114 Å². The fourth-order valence-corrected chi connectivity index (χ4v) is 6.88. The number of anilines is 5. The van der Waals surface area contributed by atoms with Crippen molar-refractivity contribution in [1.29, 1.82) is 0 Å². The van der Waals surface area contributed by atoms with Crippen LogP contribution >= 0.6 is 34.8 Å². The van der Waals surface area contributed by atoms with Gasteiger partial charge >= 0.3 is 5.97 Å². The highest BCUT2D eigenvalue weighted by Crippen LogP contribution is 2.36. The molecule has 0 saturated carbocycles. The number of aryl methyl sites for hydroxylation is 2.